The van der Waals surface area contributed by atoms with Gasteiger partial charge in [0.1, 0.15) is 40.6 Å². The quantitative estimate of drug-likeness (QED) is 0.175. The Morgan fingerprint density at radius 1 is 1.27 bits per heavy atom. The van der Waals surface area contributed by atoms with Crippen LogP contribution in [0.1, 0.15) is 37.3 Å². The van der Waals surface area contributed by atoms with Crippen LogP contribution in [0.5, 0.6) is 6.01 Å². The molecule has 9 nitrogen and oxygen atoms in total. The van der Waals surface area contributed by atoms with Gasteiger partial charge in [0.25, 0.3) is 0 Å². The van der Waals surface area contributed by atoms with Crippen molar-refractivity contribution in [3.63, 3.8) is 0 Å². The summed E-state index contributed by atoms with van der Waals surface area (Å²) in [5.41, 5.74) is 13.0. The first-order valence-electron chi connectivity index (χ1n) is 14.6. The molecule has 2 aliphatic rings. The molecule has 0 aliphatic carbocycles. The normalized spacial score (nSPS) is 19.7. The van der Waals surface area contributed by atoms with E-state index in [-0.39, 0.29) is 60.4 Å². The zero-order chi connectivity index (χ0) is 31.5. The molecule has 2 fully saturated rings. The van der Waals surface area contributed by atoms with Gasteiger partial charge in [-0.25, -0.2) is 13.8 Å². The summed E-state index contributed by atoms with van der Waals surface area (Å²) < 4.78 is 38.0. The number of hydrogen-bond acceptors (Lipinski definition) is 10. The molecule has 5 heterocycles. The fourth-order valence-electron chi connectivity index (χ4n) is 6.93. The summed E-state index contributed by atoms with van der Waals surface area (Å²) in [7, 11) is 0. The van der Waals surface area contributed by atoms with Crippen LogP contribution in [-0.2, 0) is 6.54 Å². The smallest absolute Gasteiger partial charge is 0.319 e. The second kappa shape index (κ2) is 11.2. The van der Waals surface area contributed by atoms with Gasteiger partial charge in [0.05, 0.1) is 20.8 Å². The van der Waals surface area contributed by atoms with Crippen molar-refractivity contribution in [2.24, 2.45) is 5.92 Å². The third-order valence-electron chi connectivity index (χ3n) is 8.91. The number of pyridine rings is 1. The predicted octanol–water partition coefficient (Wildman–Crippen LogP) is 6.74. The lowest BCUT2D eigenvalue weighted by Crippen LogP contribution is -2.43. The molecule has 0 saturated carbocycles. The maximum atomic E-state index is 16.8. The number of rotatable bonds is 7. The number of ether oxygens (including phenoxy) is 1. The van der Waals surface area contributed by atoms with Gasteiger partial charge in [-0.05, 0) is 55.5 Å². The van der Waals surface area contributed by atoms with Crippen LogP contribution in [0.3, 0.4) is 0 Å². The molecule has 13 heteroatoms. The second-order valence-corrected chi connectivity index (χ2v) is 13.3. The van der Waals surface area contributed by atoms with E-state index in [1.807, 2.05) is 12.1 Å². The Labute approximate surface area is 266 Å². The Balaban J connectivity index is 1.37. The minimum absolute atomic E-state index is 0.0128. The fourth-order valence-corrected chi connectivity index (χ4v) is 8.17. The average molecular weight is 647 g/mol. The van der Waals surface area contributed by atoms with E-state index in [0.717, 1.165) is 49.3 Å². The van der Waals surface area contributed by atoms with Gasteiger partial charge >= 0.3 is 6.01 Å². The lowest BCUT2D eigenvalue weighted by atomic mass is 9.92. The second-order valence-electron chi connectivity index (χ2n) is 11.8. The number of fused-ring (bicyclic) bond motifs is 3. The van der Waals surface area contributed by atoms with E-state index in [1.165, 1.54) is 12.1 Å². The highest BCUT2D eigenvalue weighted by molar-refractivity contribution is 7.23. The van der Waals surface area contributed by atoms with Crippen LogP contribution in [0.15, 0.2) is 36.5 Å². The number of thiophene rings is 1. The molecule has 5 N–H and O–H groups in total. The zero-order valence-electron chi connectivity index (χ0n) is 24.3. The molecule has 5 aromatic rings. The number of nitrogen functional groups attached to an aromatic ring is 2. The Morgan fingerprint density at radius 3 is 2.91 bits per heavy atom. The first-order chi connectivity index (χ1) is 21.7. The van der Waals surface area contributed by atoms with Crippen LogP contribution >= 0.6 is 22.9 Å². The Bertz CT molecular complexity index is 2030. The summed E-state index contributed by atoms with van der Waals surface area (Å²) in [4.78, 5) is 15.8. The van der Waals surface area contributed by atoms with E-state index in [2.05, 4.69) is 32.1 Å². The minimum atomic E-state index is -0.759. The number of benzene rings is 2. The van der Waals surface area contributed by atoms with E-state index in [1.54, 1.807) is 18.3 Å². The molecule has 0 unspecified atom stereocenters. The van der Waals surface area contributed by atoms with E-state index >= 15 is 4.39 Å². The lowest BCUT2D eigenvalue weighted by molar-refractivity contribution is 0.108. The highest BCUT2D eigenvalue weighted by atomic mass is 35.5. The topological polar surface area (TPSA) is 139 Å². The number of nitrogens with two attached hydrogens (primary N) is 2. The van der Waals surface area contributed by atoms with Crippen LogP contribution in [0.25, 0.3) is 32.1 Å². The third kappa shape index (κ3) is 4.95. The summed E-state index contributed by atoms with van der Waals surface area (Å²) in [6, 6.07) is 9.81. The molecule has 3 aromatic heterocycles. The van der Waals surface area contributed by atoms with E-state index in [9.17, 15) is 9.65 Å². The number of hydrogen-bond donors (Lipinski definition) is 3. The molecule has 2 saturated heterocycles. The molecule has 45 heavy (non-hydrogen) atoms. The number of nitrogens with one attached hydrogen (secondary N) is 1. The molecular formula is C32H29ClF2N8OS. The van der Waals surface area contributed by atoms with E-state index in [0.29, 0.717) is 29.5 Å². The van der Waals surface area contributed by atoms with Crippen molar-refractivity contribution in [2.45, 2.75) is 38.3 Å². The van der Waals surface area contributed by atoms with Crippen LogP contribution in [0.2, 0.25) is 5.02 Å². The maximum absolute atomic E-state index is 16.8. The molecule has 2 atom stereocenters. The zero-order valence-corrected chi connectivity index (χ0v) is 25.9. The van der Waals surface area contributed by atoms with Crippen LogP contribution in [0.4, 0.5) is 25.4 Å². The standard InChI is InChI=1S/C32H29ClF2N8OS/c1-16-11-32(7-3-9-43(32)14-16)15-44-31-41-26-19(30(42-31)40-13-17-4-2-8-39-28(17)37)10-21(33)24(25(26)35)18-5-6-22(34)27-23(18)20(12-36)29(38)45-27/h2,4-6,8,10,16H,3,7,9,11,13-15,38H2,1H3,(H2,37,39)(H,40,41,42)/t16-,32+/m1/s1. The number of aromatic nitrogens is 3. The summed E-state index contributed by atoms with van der Waals surface area (Å²) in [6.07, 6.45) is 4.71. The van der Waals surface area contributed by atoms with Crippen molar-refractivity contribution >= 4 is 60.6 Å². The molecule has 0 spiro atoms. The van der Waals surface area contributed by atoms with Crippen LogP contribution < -0.4 is 21.5 Å². The first-order valence-corrected chi connectivity index (χ1v) is 15.8. The first kappa shape index (κ1) is 29.4. The molecule has 230 valence electrons. The average Bonchev–Trinajstić information content (AvgIpc) is 3.66. The van der Waals surface area contributed by atoms with Crippen molar-refractivity contribution in [3.05, 3.63) is 64.3 Å². The number of nitriles is 1. The van der Waals surface area contributed by atoms with Gasteiger partial charge in [0.2, 0.25) is 0 Å². The Kier molecular flexibility index (Phi) is 7.35. The van der Waals surface area contributed by atoms with Crippen LogP contribution in [-0.4, -0.2) is 45.1 Å². The predicted molar refractivity (Wildman–Crippen MR) is 173 cm³/mol. The lowest BCUT2D eigenvalue weighted by Gasteiger charge is -2.31. The SMILES string of the molecule is C[C@H]1CN2CCC[C@@]2(COc2nc(NCc3cccnc3N)c3cc(Cl)c(-c4ccc(F)c5sc(N)c(C#N)c45)c(F)c3n2)C1. The van der Waals surface area contributed by atoms with Crippen molar-refractivity contribution < 1.29 is 13.5 Å². The minimum Gasteiger partial charge on any atom is -0.461 e. The fraction of sp³-hybridized carbons (Fsp3) is 0.312. The van der Waals surface area contributed by atoms with Gasteiger partial charge in [-0.2, -0.15) is 15.2 Å². The number of anilines is 3. The molecule has 0 amide bonds. The molecule has 2 aliphatic heterocycles. The van der Waals surface area contributed by atoms with Gasteiger partial charge in [-0.3, -0.25) is 4.90 Å². The molecule has 2 aromatic carbocycles. The summed E-state index contributed by atoms with van der Waals surface area (Å²) in [5.74, 6) is -0.123. The van der Waals surface area contributed by atoms with Crippen molar-refractivity contribution in [2.75, 3.05) is 36.5 Å². The van der Waals surface area contributed by atoms with Crippen molar-refractivity contribution in [1.82, 2.24) is 19.9 Å². The highest BCUT2D eigenvalue weighted by Gasteiger charge is 2.47. The molecule has 0 radical (unpaired) electrons. The van der Waals surface area contributed by atoms with Gasteiger partial charge in [-0.15, -0.1) is 11.3 Å². The van der Waals surface area contributed by atoms with Crippen LogP contribution in [0, 0.1) is 28.9 Å². The van der Waals surface area contributed by atoms with E-state index < -0.39 is 11.6 Å². The number of nitrogens with zero attached hydrogens (tertiary/aromatic N) is 5. The van der Waals surface area contributed by atoms with Crippen molar-refractivity contribution in [1.29, 1.82) is 5.26 Å². The summed E-state index contributed by atoms with van der Waals surface area (Å²) in [5, 5.41) is 13.7. The Morgan fingerprint density at radius 2 is 2.11 bits per heavy atom. The monoisotopic (exact) mass is 646 g/mol. The maximum Gasteiger partial charge on any atom is 0.319 e. The summed E-state index contributed by atoms with van der Waals surface area (Å²) >= 11 is 7.70. The van der Waals surface area contributed by atoms with Gasteiger partial charge in [0.15, 0.2) is 5.82 Å². The van der Waals surface area contributed by atoms with Gasteiger partial charge < -0.3 is 21.5 Å². The largest absolute Gasteiger partial charge is 0.461 e. The Hall–Kier alpha value is -4.31. The highest BCUT2D eigenvalue weighted by Crippen LogP contribution is 2.46. The van der Waals surface area contributed by atoms with Gasteiger partial charge in [0, 0.05) is 41.2 Å². The third-order valence-corrected chi connectivity index (χ3v) is 10.2. The number of halogens is 3. The molecule has 7 rings (SSSR count). The molecular weight excluding hydrogens is 618 g/mol. The van der Waals surface area contributed by atoms with Gasteiger partial charge in [-0.1, -0.05) is 30.7 Å². The summed E-state index contributed by atoms with van der Waals surface area (Å²) in [6.45, 7) is 4.90. The molecule has 0 bridgehead atoms. The van der Waals surface area contributed by atoms with Crippen molar-refractivity contribution in [3.8, 4) is 23.2 Å². The van der Waals surface area contributed by atoms with E-state index in [4.69, 9.17) is 27.8 Å².